The van der Waals surface area contributed by atoms with Crippen LogP contribution in [-0.2, 0) is 15.9 Å². The molecule has 3 N–H and O–H groups in total. The average molecular weight is 538 g/mol. The number of carbonyl (C=O) groups is 2. The Morgan fingerprint density at radius 1 is 1.03 bits per heavy atom. The number of halogens is 2. The van der Waals surface area contributed by atoms with Gasteiger partial charge in [0.1, 0.15) is 0 Å². The van der Waals surface area contributed by atoms with Gasteiger partial charge in [0.15, 0.2) is 0 Å². The first-order chi connectivity index (χ1) is 15.1. The highest BCUT2D eigenvalue weighted by atomic mass is 79.9. The molecule has 0 aliphatic heterocycles. The summed E-state index contributed by atoms with van der Waals surface area (Å²) in [6.07, 6.45) is 0. The summed E-state index contributed by atoms with van der Waals surface area (Å²) >= 11 is 8.95. The number of aryl methyl sites for hydroxylation is 1. The molecule has 0 atom stereocenters. The predicted molar refractivity (Wildman–Crippen MR) is 127 cm³/mol. The van der Waals surface area contributed by atoms with Gasteiger partial charge in [-0.05, 0) is 60.5 Å². The van der Waals surface area contributed by atoms with E-state index in [4.69, 9.17) is 11.6 Å². The van der Waals surface area contributed by atoms with Crippen molar-refractivity contribution in [3.05, 3.63) is 87.4 Å². The van der Waals surface area contributed by atoms with Crippen molar-refractivity contribution in [1.29, 1.82) is 0 Å². The normalized spacial score (nSPS) is 11.1. The van der Waals surface area contributed by atoms with Crippen molar-refractivity contribution >= 4 is 60.8 Å². The van der Waals surface area contributed by atoms with Crippen molar-refractivity contribution in [3.63, 3.8) is 0 Å². The molecule has 0 bridgehead atoms. The molecule has 7 nitrogen and oxygen atoms in total. The van der Waals surface area contributed by atoms with E-state index in [9.17, 15) is 23.1 Å². The lowest BCUT2D eigenvalue weighted by atomic mass is 10.1. The zero-order valence-corrected chi connectivity index (χ0v) is 19.9. The van der Waals surface area contributed by atoms with E-state index in [0.29, 0.717) is 21.6 Å². The van der Waals surface area contributed by atoms with Crippen LogP contribution in [0, 0.1) is 6.92 Å². The number of nitrogens with one attached hydrogen (secondary N) is 2. The number of amides is 1. The fourth-order valence-corrected chi connectivity index (χ4v) is 4.77. The van der Waals surface area contributed by atoms with Gasteiger partial charge in [0.2, 0.25) is 0 Å². The van der Waals surface area contributed by atoms with Crippen molar-refractivity contribution in [2.45, 2.75) is 17.7 Å². The van der Waals surface area contributed by atoms with Gasteiger partial charge in [0, 0.05) is 21.6 Å². The lowest BCUT2D eigenvalue weighted by Crippen LogP contribution is -2.18. The third-order valence-electron chi connectivity index (χ3n) is 4.56. The Labute approximate surface area is 198 Å². The van der Waals surface area contributed by atoms with E-state index in [0.717, 1.165) is 5.56 Å². The number of benzene rings is 3. The van der Waals surface area contributed by atoms with Crippen molar-refractivity contribution in [2.75, 3.05) is 10.0 Å². The van der Waals surface area contributed by atoms with Gasteiger partial charge in [-0.3, -0.25) is 9.52 Å². The monoisotopic (exact) mass is 536 g/mol. The maximum atomic E-state index is 12.9. The maximum Gasteiger partial charge on any atom is 0.337 e. The summed E-state index contributed by atoms with van der Waals surface area (Å²) in [5.74, 6) is -1.54. The Bertz CT molecular complexity index is 1290. The Kier molecular flexibility index (Phi) is 7.22. The minimum Gasteiger partial charge on any atom is -0.478 e. The van der Waals surface area contributed by atoms with Gasteiger partial charge < -0.3 is 10.4 Å². The summed E-state index contributed by atoms with van der Waals surface area (Å²) < 4.78 is 28.9. The molecule has 166 valence electrons. The lowest BCUT2D eigenvalue weighted by Gasteiger charge is -2.13. The fraction of sp³-hybridized carbons (Fsp3) is 0.0909. The Hall–Kier alpha value is -2.88. The molecular formula is C22H18BrClN2O5S. The summed E-state index contributed by atoms with van der Waals surface area (Å²) in [5, 5.41) is 11.9. The third-order valence-corrected chi connectivity index (χ3v) is 6.89. The van der Waals surface area contributed by atoms with Crippen LogP contribution >= 0.6 is 27.5 Å². The quantitative estimate of drug-likeness (QED) is 0.357. The second kappa shape index (κ2) is 9.72. The van der Waals surface area contributed by atoms with Crippen LogP contribution in [0.4, 0.5) is 11.4 Å². The summed E-state index contributed by atoms with van der Waals surface area (Å²) in [6.45, 7) is 1.62. The molecule has 0 aromatic heterocycles. The molecule has 1 amide bonds. The molecule has 10 heteroatoms. The predicted octanol–water partition coefficient (Wildman–Crippen LogP) is 5.25. The van der Waals surface area contributed by atoms with Gasteiger partial charge in [0.05, 0.1) is 16.1 Å². The molecule has 3 aromatic carbocycles. The Morgan fingerprint density at radius 3 is 2.34 bits per heavy atom. The Morgan fingerprint density at radius 2 is 1.72 bits per heavy atom. The fourth-order valence-electron chi connectivity index (χ4n) is 2.90. The molecule has 3 aromatic rings. The van der Waals surface area contributed by atoms with Crippen molar-refractivity contribution in [3.8, 4) is 0 Å². The van der Waals surface area contributed by atoms with Crippen molar-refractivity contribution in [2.24, 2.45) is 0 Å². The second-order valence-electron chi connectivity index (χ2n) is 6.87. The number of aromatic carboxylic acids is 1. The zero-order chi connectivity index (χ0) is 23.5. The first-order valence-corrected chi connectivity index (χ1v) is 12.0. The zero-order valence-electron chi connectivity index (χ0n) is 16.7. The summed E-state index contributed by atoms with van der Waals surface area (Å²) in [4.78, 5) is 24.2. The van der Waals surface area contributed by atoms with E-state index in [1.165, 1.54) is 30.3 Å². The topological polar surface area (TPSA) is 113 Å². The molecular weight excluding hydrogens is 520 g/mol. The molecule has 0 aliphatic rings. The van der Waals surface area contributed by atoms with E-state index >= 15 is 0 Å². The number of rotatable bonds is 7. The molecule has 0 aliphatic carbocycles. The van der Waals surface area contributed by atoms with Gasteiger partial charge in [-0.15, -0.1) is 11.6 Å². The number of carboxylic acid groups (broad SMARTS) is 1. The van der Waals surface area contributed by atoms with Crippen molar-refractivity contribution in [1.82, 2.24) is 0 Å². The van der Waals surface area contributed by atoms with Crippen LogP contribution in [0.2, 0.25) is 0 Å². The lowest BCUT2D eigenvalue weighted by molar-refractivity contribution is 0.0698. The second-order valence-corrected chi connectivity index (χ2v) is 9.70. The highest BCUT2D eigenvalue weighted by Gasteiger charge is 2.20. The number of anilines is 2. The first-order valence-electron chi connectivity index (χ1n) is 9.23. The molecule has 0 spiro atoms. The van der Waals surface area contributed by atoms with Crippen LogP contribution < -0.4 is 10.0 Å². The van der Waals surface area contributed by atoms with E-state index in [-0.39, 0.29) is 21.7 Å². The minimum atomic E-state index is -3.98. The van der Waals surface area contributed by atoms with Gasteiger partial charge in [0.25, 0.3) is 15.9 Å². The standard InChI is InChI=1S/C22H18BrClN2O5S/c1-13-2-5-15(21(27)25-19-9-6-16(23)11-18(19)22(28)29)10-20(13)32(30,31)26-17-7-3-14(12-24)4-8-17/h2-11,26H,12H2,1H3,(H,25,27)(H,28,29). The van der Waals surface area contributed by atoms with Gasteiger partial charge in [-0.1, -0.05) is 34.1 Å². The van der Waals surface area contributed by atoms with Crippen LogP contribution in [0.1, 0.15) is 31.8 Å². The number of carbonyl (C=O) groups excluding carboxylic acids is 1. The highest BCUT2D eigenvalue weighted by Crippen LogP contribution is 2.24. The van der Waals surface area contributed by atoms with Gasteiger partial charge in [-0.2, -0.15) is 0 Å². The van der Waals surface area contributed by atoms with Gasteiger partial charge in [-0.25, -0.2) is 13.2 Å². The van der Waals surface area contributed by atoms with Crippen LogP contribution in [0.3, 0.4) is 0 Å². The van der Waals surface area contributed by atoms with E-state index in [2.05, 4.69) is 26.0 Å². The van der Waals surface area contributed by atoms with Crippen molar-refractivity contribution < 1.29 is 23.1 Å². The molecule has 0 saturated heterocycles. The smallest absolute Gasteiger partial charge is 0.337 e. The number of carboxylic acids is 1. The average Bonchev–Trinajstić information content (AvgIpc) is 2.75. The molecule has 0 radical (unpaired) electrons. The molecule has 0 saturated carbocycles. The van der Waals surface area contributed by atoms with Gasteiger partial charge >= 0.3 is 5.97 Å². The van der Waals surface area contributed by atoms with Crippen LogP contribution in [0.5, 0.6) is 0 Å². The summed E-state index contributed by atoms with van der Waals surface area (Å²) in [7, 11) is -3.98. The van der Waals surface area contributed by atoms with E-state index in [1.807, 2.05) is 0 Å². The highest BCUT2D eigenvalue weighted by molar-refractivity contribution is 9.10. The molecule has 32 heavy (non-hydrogen) atoms. The van der Waals surface area contributed by atoms with E-state index in [1.54, 1.807) is 37.3 Å². The SMILES string of the molecule is Cc1ccc(C(=O)Nc2ccc(Br)cc2C(=O)O)cc1S(=O)(=O)Nc1ccc(CCl)cc1. The maximum absolute atomic E-state index is 12.9. The number of hydrogen-bond donors (Lipinski definition) is 3. The largest absolute Gasteiger partial charge is 0.478 e. The summed E-state index contributed by atoms with van der Waals surface area (Å²) in [6, 6.07) is 15.2. The van der Waals surface area contributed by atoms with Crippen LogP contribution in [0.15, 0.2) is 70.0 Å². The number of sulfonamides is 1. The Balaban J connectivity index is 1.89. The minimum absolute atomic E-state index is 0.0627. The summed E-state index contributed by atoms with van der Waals surface area (Å²) in [5.41, 5.74) is 1.70. The molecule has 0 heterocycles. The number of hydrogen-bond acceptors (Lipinski definition) is 4. The molecule has 0 unspecified atom stereocenters. The molecule has 3 rings (SSSR count). The van der Waals surface area contributed by atoms with Crippen LogP contribution in [0.25, 0.3) is 0 Å². The third kappa shape index (κ3) is 5.48. The number of alkyl halides is 1. The van der Waals surface area contributed by atoms with Crippen LogP contribution in [-0.4, -0.2) is 25.4 Å². The molecule has 0 fully saturated rings. The first kappa shape index (κ1) is 23.8. The van der Waals surface area contributed by atoms with E-state index < -0.39 is 21.9 Å².